The van der Waals surface area contributed by atoms with Gasteiger partial charge in [0.05, 0.1) is 4.47 Å². The Morgan fingerprint density at radius 2 is 1.50 bits per heavy atom. The normalized spacial score (nSPS) is 8.75. The number of aryl methyl sites for hydroxylation is 2. The van der Waals surface area contributed by atoms with Gasteiger partial charge in [-0.05, 0) is 53.0 Å². The zero-order chi connectivity index (χ0) is 9.72. The van der Waals surface area contributed by atoms with Crippen molar-refractivity contribution in [1.82, 2.24) is 0 Å². The molecule has 0 bridgehead atoms. The molecule has 0 aliphatic heterocycles. The molecule has 0 aromatic heterocycles. The first kappa shape index (κ1) is 11.5. The van der Waals surface area contributed by atoms with E-state index >= 15 is 0 Å². The molecule has 0 radical (unpaired) electrons. The summed E-state index contributed by atoms with van der Waals surface area (Å²) in [5, 5.41) is 9.18. The Labute approximate surface area is 82.6 Å². The van der Waals surface area contributed by atoms with Crippen LogP contribution in [-0.2, 0) is 0 Å². The average Bonchev–Trinajstić information content (AvgIpc) is 2.05. The summed E-state index contributed by atoms with van der Waals surface area (Å²) < 4.78 is 0.760. The van der Waals surface area contributed by atoms with Crippen LogP contribution in [0.5, 0.6) is 5.75 Å². The lowest BCUT2D eigenvalue weighted by Gasteiger charge is -2.01. The molecule has 1 rings (SSSR count). The van der Waals surface area contributed by atoms with E-state index in [1.54, 1.807) is 6.07 Å². The molecule has 0 spiro atoms. The summed E-state index contributed by atoms with van der Waals surface area (Å²) in [4.78, 5) is 0. The minimum Gasteiger partial charge on any atom is -0.507 e. The summed E-state index contributed by atoms with van der Waals surface area (Å²) in [5.74, 6) is 0.308. The van der Waals surface area contributed by atoms with Crippen LogP contribution in [0.3, 0.4) is 0 Å². The predicted octanol–water partition coefficient (Wildman–Crippen LogP) is 3.80. The average molecular weight is 231 g/mol. The molecule has 0 saturated heterocycles. The molecule has 68 valence electrons. The highest BCUT2D eigenvalue weighted by Crippen LogP contribution is 2.26. The van der Waals surface area contributed by atoms with Gasteiger partial charge < -0.3 is 5.11 Å². The molecule has 0 aliphatic rings. The number of rotatable bonds is 0. The molecule has 1 aromatic carbocycles. The van der Waals surface area contributed by atoms with Gasteiger partial charge in [0.15, 0.2) is 0 Å². The number of halogens is 1. The third kappa shape index (κ3) is 2.86. The molecule has 0 heterocycles. The molecular weight excluding hydrogens is 216 g/mol. The molecule has 12 heavy (non-hydrogen) atoms. The second-order valence-electron chi connectivity index (χ2n) is 2.39. The maximum Gasteiger partial charge on any atom is 0.130 e. The van der Waals surface area contributed by atoms with Crippen molar-refractivity contribution in [1.29, 1.82) is 0 Å². The molecule has 0 atom stereocenters. The molecule has 1 nitrogen and oxygen atoms in total. The first-order valence-electron chi connectivity index (χ1n) is 4.07. The Balaban J connectivity index is 0.000000561. The highest BCUT2D eigenvalue weighted by Gasteiger charge is 1.99. The van der Waals surface area contributed by atoms with Gasteiger partial charge >= 0.3 is 0 Å². The van der Waals surface area contributed by atoms with Crippen LogP contribution in [0.25, 0.3) is 0 Å². The van der Waals surface area contributed by atoms with Crippen LogP contribution in [0.15, 0.2) is 16.6 Å². The SMILES string of the molecule is CC.Cc1cc(O)c(Br)cc1C. The Morgan fingerprint density at radius 1 is 1.08 bits per heavy atom. The van der Waals surface area contributed by atoms with E-state index in [0.717, 1.165) is 10.0 Å². The lowest BCUT2D eigenvalue weighted by Crippen LogP contribution is -1.79. The maximum atomic E-state index is 9.18. The van der Waals surface area contributed by atoms with Gasteiger partial charge in [-0.15, -0.1) is 0 Å². The predicted molar refractivity (Wildman–Crippen MR) is 56.6 cm³/mol. The van der Waals surface area contributed by atoms with Gasteiger partial charge in [0.2, 0.25) is 0 Å². The van der Waals surface area contributed by atoms with E-state index < -0.39 is 0 Å². The summed E-state index contributed by atoms with van der Waals surface area (Å²) in [5.41, 5.74) is 2.30. The Kier molecular flexibility index (Phi) is 4.98. The molecule has 2 heteroatoms. The van der Waals surface area contributed by atoms with Gasteiger partial charge in [-0.2, -0.15) is 0 Å². The van der Waals surface area contributed by atoms with E-state index in [-0.39, 0.29) is 0 Å². The van der Waals surface area contributed by atoms with Crippen molar-refractivity contribution in [3.63, 3.8) is 0 Å². The van der Waals surface area contributed by atoms with E-state index in [4.69, 9.17) is 0 Å². The molecule has 0 saturated carbocycles. The topological polar surface area (TPSA) is 20.2 Å². The van der Waals surface area contributed by atoms with Gasteiger partial charge in [-0.25, -0.2) is 0 Å². The van der Waals surface area contributed by atoms with Crippen molar-refractivity contribution in [2.24, 2.45) is 0 Å². The first-order valence-corrected chi connectivity index (χ1v) is 4.86. The highest BCUT2D eigenvalue weighted by molar-refractivity contribution is 9.10. The van der Waals surface area contributed by atoms with Gasteiger partial charge in [0, 0.05) is 0 Å². The minimum absolute atomic E-state index is 0.308. The second kappa shape index (κ2) is 5.20. The fourth-order valence-electron chi connectivity index (χ4n) is 0.766. The molecular formula is C10H15BrO. The number of benzene rings is 1. The minimum atomic E-state index is 0.308. The molecule has 0 unspecified atom stereocenters. The summed E-state index contributed by atoms with van der Waals surface area (Å²) in [6.07, 6.45) is 0. The zero-order valence-corrected chi connectivity index (χ0v) is 9.57. The smallest absolute Gasteiger partial charge is 0.130 e. The number of hydrogen-bond donors (Lipinski definition) is 1. The third-order valence-electron chi connectivity index (χ3n) is 1.56. The molecule has 1 aromatic rings. The van der Waals surface area contributed by atoms with Crippen LogP contribution >= 0.6 is 15.9 Å². The van der Waals surface area contributed by atoms with Gasteiger partial charge in [-0.3, -0.25) is 0 Å². The third-order valence-corrected chi connectivity index (χ3v) is 2.20. The van der Waals surface area contributed by atoms with E-state index in [1.165, 1.54) is 5.56 Å². The Morgan fingerprint density at radius 3 is 1.92 bits per heavy atom. The van der Waals surface area contributed by atoms with E-state index in [1.807, 2.05) is 33.8 Å². The number of aromatic hydroxyl groups is 1. The number of hydrogen-bond acceptors (Lipinski definition) is 1. The van der Waals surface area contributed by atoms with Crippen LogP contribution in [-0.4, -0.2) is 5.11 Å². The maximum absolute atomic E-state index is 9.18. The van der Waals surface area contributed by atoms with Gasteiger partial charge in [-0.1, -0.05) is 13.8 Å². The van der Waals surface area contributed by atoms with Crippen LogP contribution in [0, 0.1) is 13.8 Å². The van der Waals surface area contributed by atoms with Crippen molar-refractivity contribution >= 4 is 15.9 Å². The molecule has 0 fully saturated rings. The van der Waals surface area contributed by atoms with Gasteiger partial charge in [0.25, 0.3) is 0 Å². The first-order chi connectivity index (χ1) is 5.61. The van der Waals surface area contributed by atoms with Crippen molar-refractivity contribution in [2.75, 3.05) is 0 Å². The van der Waals surface area contributed by atoms with Crippen molar-refractivity contribution < 1.29 is 5.11 Å². The van der Waals surface area contributed by atoms with E-state index in [0.29, 0.717) is 5.75 Å². The van der Waals surface area contributed by atoms with Crippen LogP contribution < -0.4 is 0 Å². The lowest BCUT2D eigenvalue weighted by atomic mass is 10.1. The number of phenolic OH excluding ortho intramolecular Hbond substituents is 1. The fourth-order valence-corrected chi connectivity index (χ4v) is 1.22. The largest absolute Gasteiger partial charge is 0.507 e. The summed E-state index contributed by atoms with van der Waals surface area (Å²) in [6.45, 7) is 7.99. The van der Waals surface area contributed by atoms with Crippen molar-refractivity contribution in [2.45, 2.75) is 27.7 Å². The van der Waals surface area contributed by atoms with E-state index in [9.17, 15) is 5.11 Å². The summed E-state index contributed by atoms with van der Waals surface area (Å²) in [6, 6.07) is 3.66. The van der Waals surface area contributed by atoms with Crippen LogP contribution in [0.2, 0.25) is 0 Å². The standard InChI is InChI=1S/C8H9BrO.C2H6/c1-5-3-7(9)8(10)4-6(5)2;1-2/h3-4,10H,1-2H3;1-2H3. The van der Waals surface area contributed by atoms with Crippen LogP contribution in [0.4, 0.5) is 0 Å². The number of phenols is 1. The summed E-state index contributed by atoms with van der Waals surface area (Å²) in [7, 11) is 0. The fraction of sp³-hybridized carbons (Fsp3) is 0.400. The summed E-state index contributed by atoms with van der Waals surface area (Å²) >= 11 is 3.23. The Bertz CT molecular complexity index is 206. The molecule has 0 aliphatic carbocycles. The van der Waals surface area contributed by atoms with Crippen molar-refractivity contribution in [3.05, 3.63) is 27.7 Å². The van der Waals surface area contributed by atoms with E-state index in [2.05, 4.69) is 15.9 Å². The van der Waals surface area contributed by atoms with Crippen molar-refractivity contribution in [3.8, 4) is 5.75 Å². The quantitative estimate of drug-likeness (QED) is 0.720. The second-order valence-corrected chi connectivity index (χ2v) is 3.24. The Hall–Kier alpha value is -0.500. The highest BCUT2D eigenvalue weighted by atomic mass is 79.9. The monoisotopic (exact) mass is 230 g/mol. The molecule has 0 amide bonds. The molecule has 1 N–H and O–H groups in total. The zero-order valence-electron chi connectivity index (χ0n) is 7.98. The lowest BCUT2D eigenvalue weighted by molar-refractivity contribution is 0.471. The van der Waals surface area contributed by atoms with Gasteiger partial charge in [0.1, 0.15) is 5.75 Å². The van der Waals surface area contributed by atoms with Crippen LogP contribution in [0.1, 0.15) is 25.0 Å².